The van der Waals surface area contributed by atoms with E-state index in [4.69, 9.17) is 4.42 Å². The second-order valence-corrected chi connectivity index (χ2v) is 18.5. The quantitative estimate of drug-likeness (QED) is 0.179. The highest BCUT2D eigenvalue weighted by Crippen LogP contribution is 2.71. The Labute approximate surface area is 334 Å². The Kier molecular flexibility index (Phi) is 6.44. The van der Waals surface area contributed by atoms with Crippen LogP contribution in [0.3, 0.4) is 0 Å². The lowest BCUT2D eigenvalue weighted by Gasteiger charge is -2.61. The molecule has 2 heteroatoms. The van der Waals surface area contributed by atoms with E-state index in [0.717, 1.165) is 33.8 Å². The van der Waals surface area contributed by atoms with Crippen molar-refractivity contribution in [1.82, 2.24) is 0 Å². The molecule has 0 N–H and O–H groups in total. The number of rotatable bonds is 4. The molecule has 276 valence electrons. The van der Waals surface area contributed by atoms with Gasteiger partial charge in [0.1, 0.15) is 11.2 Å². The zero-order valence-corrected chi connectivity index (χ0v) is 32.6. The van der Waals surface area contributed by atoms with Crippen molar-refractivity contribution in [3.8, 4) is 33.4 Å². The van der Waals surface area contributed by atoms with E-state index < -0.39 is 0 Å². The van der Waals surface area contributed by atoms with Crippen LogP contribution in [0, 0.1) is 23.7 Å². The van der Waals surface area contributed by atoms with Crippen LogP contribution in [0.15, 0.2) is 156 Å². The minimum Gasteiger partial charge on any atom is -0.456 e. The van der Waals surface area contributed by atoms with Crippen molar-refractivity contribution in [3.63, 3.8) is 0 Å². The van der Waals surface area contributed by atoms with Gasteiger partial charge >= 0.3 is 0 Å². The maximum atomic E-state index is 6.19. The first-order valence-corrected chi connectivity index (χ1v) is 21.3. The van der Waals surface area contributed by atoms with Crippen LogP contribution in [0.25, 0.3) is 55.3 Å². The molecule has 8 aromatic rings. The summed E-state index contributed by atoms with van der Waals surface area (Å²) in [4.78, 5) is 2.63. The molecule has 1 aromatic heterocycles. The number of nitrogens with zero attached hydrogens (tertiary/aromatic N) is 1. The summed E-state index contributed by atoms with van der Waals surface area (Å²) in [6.07, 6.45) is 6.92. The van der Waals surface area contributed by atoms with Crippen molar-refractivity contribution in [1.29, 1.82) is 0 Å². The highest BCUT2D eigenvalue weighted by atomic mass is 16.3. The van der Waals surface area contributed by atoms with Gasteiger partial charge in [0, 0.05) is 33.0 Å². The number of anilines is 3. The van der Waals surface area contributed by atoms with E-state index >= 15 is 0 Å². The molecule has 4 fully saturated rings. The van der Waals surface area contributed by atoms with E-state index in [2.05, 4.69) is 164 Å². The van der Waals surface area contributed by atoms with E-state index in [9.17, 15) is 0 Å². The van der Waals surface area contributed by atoms with Crippen LogP contribution in [0.2, 0.25) is 0 Å². The standard InChI is InChI=1S/C55H45NO/c1-54(2)47-14-6-3-10-41(47)43-24-23-40(32-49(43)54)56(39-21-18-35(19-22-39)36-20-25-52-46(31-36)44-12-5-8-17-51(44)57-52)50-16-9-13-45-42-11-4-7-15-48(42)55(53(45)50)37-27-33-26-34(29-37)30-38(55)28-33/h3-25,31-34,37-38H,26-30H2,1-2H3. The number of benzene rings is 7. The van der Waals surface area contributed by atoms with Crippen LogP contribution in [0.4, 0.5) is 17.1 Å². The van der Waals surface area contributed by atoms with Gasteiger partial charge in [0.15, 0.2) is 0 Å². The number of hydrogen-bond donors (Lipinski definition) is 0. The molecular weight excluding hydrogens is 691 g/mol. The summed E-state index contributed by atoms with van der Waals surface area (Å²) in [5, 5.41) is 2.33. The van der Waals surface area contributed by atoms with Gasteiger partial charge in [-0.15, -0.1) is 0 Å². The van der Waals surface area contributed by atoms with Gasteiger partial charge in [-0.2, -0.15) is 0 Å². The zero-order valence-electron chi connectivity index (χ0n) is 32.6. The molecule has 1 spiro atoms. The topological polar surface area (TPSA) is 16.4 Å². The molecule has 0 aliphatic heterocycles. The Bertz CT molecular complexity index is 2930. The first-order valence-electron chi connectivity index (χ1n) is 21.3. The van der Waals surface area contributed by atoms with Crippen molar-refractivity contribution in [2.24, 2.45) is 23.7 Å². The fourth-order valence-corrected chi connectivity index (χ4v) is 13.3. The SMILES string of the molecule is CC1(C)c2ccccc2-c2ccc(N(c3ccc(-c4ccc5oc6ccccc6c5c4)cc3)c3cccc4c3C3(c5ccccc5-4)C4CC5CC(C4)CC3C5)cc21. The predicted octanol–water partition coefficient (Wildman–Crippen LogP) is 14.8. The molecular formula is C55H45NO. The van der Waals surface area contributed by atoms with Crippen LogP contribution >= 0.6 is 0 Å². The van der Waals surface area contributed by atoms with E-state index in [-0.39, 0.29) is 10.8 Å². The van der Waals surface area contributed by atoms with Gasteiger partial charge in [0.25, 0.3) is 0 Å². The van der Waals surface area contributed by atoms with Crippen molar-refractivity contribution in [3.05, 3.63) is 174 Å². The largest absolute Gasteiger partial charge is 0.456 e. The highest BCUT2D eigenvalue weighted by molar-refractivity contribution is 6.06. The predicted molar refractivity (Wildman–Crippen MR) is 235 cm³/mol. The summed E-state index contributed by atoms with van der Waals surface area (Å²) in [5.74, 6) is 3.16. The Morgan fingerprint density at radius 2 is 1.09 bits per heavy atom. The summed E-state index contributed by atoms with van der Waals surface area (Å²) < 4.78 is 6.19. The molecule has 14 rings (SSSR count). The Hall–Kier alpha value is -5.86. The van der Waals surface area contributed by atoms with E-state index in [1.807, 2.05) is 6.07 Å². The van der Waals surface area contributed by atoms with Gasteiger partial charge in [-0.1, -0.05) is 117 Å². The van der Waals surface area contributed by atoms with E-state index in [0.29, 0.717) is 11.8 Å². The minimum absolute atomic E-state index is 0.0448. The molecule has 0 atom stereocenters. The van der Waals surface area contributed by atoms with E-state index in [1.165, 1.54) is 93.7 Å². The lowest BCUT2D eigenvalue weighted by atomic mass is 9.43. The first-order chi connectivity index (χ1) is 28.0. The normalized spacial score (nSPS) is 24.2. The Balaban J connectivity index is 1.02. The smallest absolute Gasteiger partial charge is 0.135 e. The fraction of sp³-hybridized carbons (Fsp3) is 0.236. The van der Waals surface area contributed by atoms with Gasteiger partial charge < -0.3 is 9.32 Å². The summed E-state index contributed by atoms with van der Waals surface area (Å²) in [6, 6.07) is 57.5. The molecule has 57 heavy (non-hydrogen) atoms. The lowest BCUT2D eigenvalue weighted by Crippen LogP contribution is -2.55. The average molecular weight is 736 g/mol. The van der Waals surface area contributed by atoms with Crippen LogP contribution in [-0.2, 0) is 10.8 Å². The molecule has 0 saturated heterocycles. The summed E-state index contributed by atoms with van der Waals surface area (Å²) >= 11 is 0. The molecule has 0 amide bonds. The summed E-state index contributed by atoms with van der Waals surface area (Å²) in [5.41, 5.74) is 19.7. The molecule has 7 aromatic carbocycles. The van der Waals surface area contributed by atoms with Crippen LogP contribution in [0.5, 0.6) is 0 Å². The molecule has 4 saturated carbocycles. The minimum atomic E-state index is -0.0924. The fourth-order valence-electron chi connectivity index (χ4n) is 13.3. The molecule has 0 unspecified atom stereocenters. The second kappa shape index (κ2) is 11.4. The van der Waals surface area contributed by atoms with Gasteiger partial charge in [0.05, 0.1) is 5.69 Å². The van der Waals surface area contributed by atoms with Crippen LogP contribution < -0.4 is 4.90 Å². The number of hydrogen-bond acceptors (Lipinski definition) is 2. The second-order valence-electron chi connectivity index (χ2n) is 18.5. The molecule has 0 radical (unpaired) electrons. The Morgan fingerprint density at radius 3 is 1.88 bits per heavy atom. The number of furan rings is 1. The number of fused-ring (bicyclic) bond motifs is 9. The molecule has 6 aliphatic rings. The third kappa shape index (κ3) is 4.26. The summed E-state index contributed by atoms with van der Waals surface area (Å²) in [6.45, 7) is 4.81. The molecule has 2 nitrogen and oxygen atoms in total. The Morgan fingerprint density at radius 1 is 0.474 bits per heavy atom. The van der Waals surface area contributed by atoms with E-state index in [1.54, 1.807) is 11.1 Å². The van der Waals surface area contributed by atoms with Gasteiger partial charge in [-0.3, -0.25) is 0 Å². The van der Waals surface area contributed by atoms with Crippen molar-refractivity contribution < 1.29 is 4.42 Å². The summed E-state index contributed by atoms with van der Waals surface area (Å²) in [7, 11) is 0. The van der Waals surface area contributed by atoms with Crippen molar-refractivity contribution in [2.75, 3.05) is 4.90 Å². The maximum absolute atomic E-state index is 6.19. The lowest BCUT2D eigenvalue weighted by molar-refractivity contribution is -0.0397. The third-order valence-corrected chi connectivity index (χ3v) is 15.4. The zero-order chi connectivity index (χ0) is 37.6. The van der Waals surface area contributed by atoms with Gasteiger partial charge in [-0.05, 0) is 160 Å². The third-order valence-electron chi connectivity index (χ3n) is 15.4. The average Bonchev–Trinajstić information content (AvgIpc) is 3.84. The monoisotopic (exact) mass is 735 g/mol. The number of para-hydroxylation sites is 1. The molecule has 1 heterocycles. The van der Waals surface area contributed by atoms with Crippen LogP contribution in [0.1, 0.15) is 68.2 Å². The first kappa shape index (κ1) is 32.2. The van der Waals surface area contributed by atoms with Crippen LogP contribution in [-0.4, -0.2) is 0 Å². The molecule has 4 bridgehead atoms. The van der Waals surface area contributed by atoms with Gasteiger partial charge in [0.2, 0.25) is 0 Å². The van der Waals surface area contributed by atoms with Crippen molar-refractivity contribution >= 4 is 39.0 Å². The molecule has 6 aliphatic carbocycles. The maximum Gasteiger partial charge on any atom is 0.135 e. The van der Waals surface area contributed by atoms with Gasteiger partial charge in [-0.25, -0.2) is 0 Å². The van der Waals surface area contributed by atoms with Crippen molar-refractivity contribution in [2.45, 2.75) is 56.8 Å². The highest BCUT2D eigenvalue weighted by Gasteiger charge is 2.62.